The van der Waals surface area contributed by atoms with Crippen molar-refractivity contribution in [2.45, 2.75) is 6.92 Å². The van der Waals surface area contributed by atoms with Crippen molar-refractivity contribution in [3.63, 3.8) is 0 Å². The molecule has 0 bridgehead atoms. The van der Waals surface area contributed by atoms with E-state index in [-0.39, 0.29) is 11.6 Å². The monoisotopic (exact) mass is 263 g/mol. The third kappa shape index (κ3) is 2.69. The average Bonchev–Trinajstić information content (AvgIpc) is 2.76. The molecule has 2 aromatic rings. The number of anilines is 1. The fourth-order valence-electron chi connectivity index (χ4n) is 1.34. The van der Waals surface area contributed by atoms with Gasteiger partial charge in [0.2, 0.25) is 0 Å². The van der Waals surface area contributed by atoms with Crippen molar-refractivity contribution < 1.29 is 9.72 Å². The predicted molar refractivity (Wildman–Crippen MR) is 67.9 cm³/mol. The van der Waals surface area contributed by atoms with Gasteiger partial charge in [0.1, 0.15) is 5.69 Å². The van der Waals surface area contributed by atoms with Crippen molar-refractivity contribution >= 4 is 28.8 Å². The second-order valence-corrected chi connectivity index (χ2v) is 4.59. The number of nitro groups is 1. The lowest BCUT2D eigenvalue weighted by Gasteiger charge is -2.02. The summed E-state index contributed by atoms with van der Waals surface area (Å²) in [6.07, 6.45) is 0. The van der Waals surface area contributed by atoms with E-state index in [1.807, 2.05) is 6.92 Å². The number of nitrogens with one attached hydrogen (secondary N) is 1. The lowest BCUT2D eigenvalue weighted by Crippen LogP contribution is -2.11. The van der Waals surface area contributed by atoms with E-state index in [9.17, 15) is 14.9 Å². The quantitative estimate of drug-likeness (QED) is 0.681. The van der Waals surface area contributed by atoms with Crippen LogP contribution in [0, 0.1) is 17.0 Å². The number of hydrogen-bond donors (Lipinski definition) is 1. The summed E-state index contributed by atoms with van der Waals surface area (Å²) < 4.78 is 3.98. The van der Waals surface area contributed by atoms with Crippen LogP contribution in [-0.2, 0) is 0 Å². The standard InChI is InChI=1S/C11H9N3O3S/c1-7-6-10(13-18-7)11(15)12-8-2-4-9(5-3-8)14(16)17/h2-6H,1H3,(H,12,15). The maximum Gasteiger partial charge on any atom is 0.275 e. The first kappa shape index (κ1) is 12.2. The molecule has 18 heavy (non-hydrogen) atoms. The Morgan fingerprint density at radius 1 is 1.39 bits per heavy atom. The zero-order valence-electron chi connectivity index (χ0n) is 9.41. The molecule has 92 valence electrons. The van der Waals surface area contributed by atoms with Crippen LogP contribution < -0.4 is 5.32 Å². The molecule has 0 radical (unpaired) electrons. The minimum absolute atomic E-state index is 0.0162. The van der Waals surface area contributed by atoms with Crippen molar-refractivity contribution in [2.75, 3.05) is 5.32 Å². The smallest absolute Gasteiger partial charge is 0.275 e. The number of nitrogens with zero attached hydrogens (tertiary/aromatic N) is 2. The topological polar surface area (TPSA) is 85.1 Å². The van der Waals surface area contributed by atoms with E-state index in [4.69, 9.17) is 0 Å². The van der Waals surface area contributed by atoms with E-state index in [0.717, 1.165) is 4.88 Å². The molecule has 1 aromatic carbocycles. The van der Waals surface area contributed by atoms with Crippen LogP contribution in [0.4, 0.5) is 11.4 Å². The van der Waals surface area contributed by atoms with Gasteiger partial charge in [-0.15, -0.1) is 0 Å². The van der Waals surface area contributed by atoms with Gasteiger partial charge in [-0.1, -0.05) is 0 Å². The van der Waals surface area contributed by atoms with E-state index in [1.54, 1.807) is 6.07 Å². The minimum atomic E-state index is -0.491. The third-order valence-corrected chi connectivity index (χ3v) is 2.89. The van der Waals surface area contributed by atoms with E-state index in [0.29, 0.717) is 11.4 Å². The molecule has 1 N–H and O–H groups in total. The number of non-ortho nitro benzene ring substituents is 1. The highest BCUT2D eigenvalue weighted by atomic mass is 32.1. The number of rotatable bonds is 3. The van der Waals surface area contributed by atoms with Gasteiger partial charge in [-0.25, -0.2) is 0 Å². The molecule has 6 nitrogen and oxygen atoms in total. The van der Waals surface area contributed by atoms with Crippen LogP contribution in [0.3, 0.4) is 0 Å². The van der Waals surface area contributed by atoms with E-state index >= 15 is 0 Å². The Hall–Kier alpha value is -2.28. The Kier molecular flexibility index (Phi) is 3.33. The van der Waals surface area contributed by atoms with Gasteiger partial charge in [-0.3, -0.25) is 14.9 Å². The molecule has 0 unspecified atom stereocenters. The summed E-state index contributed by atoms with van der Waals surface area (Å²) >= 11 is 1.25. The van der Waals surface area contributed by atoms with Crippen molar-refractivity contribution in [3.05, 3.63) is 51.0 Å². The third-order valence-electron chi connectivity index (χ3n) is 2.20. The van der Waals surface area contributed by atoms with Crippen LogP contribution in [0.2, 0.25) is 0 Å². The molecule has 2 rings (SSSR count). The van der Waals surface area contributed by atoms with Crippen LogP contribution >= 0.6 is 11.5 Å². The molecule has 0 fully saturated rings. The van der Waals surface area contributed by atoms with Crippen LogP contribution in [0.25, 0.3) is 0 Å². The highest BCUT2D eigenvalue weighted by Gasteiger charge is 2.10. The van der Waals surface area contributed by atoms with Gasteiger partial charge in [0, 0.05) is 22.7 Å². The number of aryl methyl sites for hydroxylation is 1. The van der Waals surface area contributed by atoms with Crippen LogP contribution in [-0.4, -0.2) is 15.2 Å². The maximum absolute atomic E-state index is 11.7. The molecule has 0 saturated carbocycles. The van der Waals surface area contributed by atoms with Gasteiger partial charge in [0.25, 0.3) is 11.6 Å². The zero-order valence-corrected chi connectivity index (χ0v) is 10.2. The molecule has 0 aliphatic carbocycles. The SMILES string of the molecule is Cc1cc(C(=O)Nc2ccc([N+](=O)[O-])cc2)ns1. The zero-order chi connectivity index (χ0) is 13.1. The first-order valence-electron chi connectivity index (χ1n) is 5.05. The number of aromatic nitrogens is 1. The molecular weight excluding hydrogens is 254 g/mol. The second-order valence-electron chi connectivity index (χ2n) is 3.58. The molecular formula is C11H9N3O3S. The maximum atomic E-state index is 11.7. The van der Waals surface area contributed by atoms with Gasteiger partial charge < -0.3 is 5.32 Å². The van der Waals surface area contributed by atoms with Crippen LogP contribution in [0.15, 0.2) is 30.3 Å². The van der Waals surface area contributed by atoms with Crippen molar-refractivity contribution in [3.8, 4) is 0 Å². The predicted octanol–water partition coefficient (Wildman–Crippen LogP) is 2.61. The van der Waals surface area contributed by atoms with Crippen molar-refractivity contribution in [2.24, 2.45) is 0 Å². The highest BCUT2D eigenvalue weighted by Crippen LogP contribution is 2.16. The summed E-state index contributed by atoms with van der Waals surface area (Å²) in [5.41, 5.74) is 0.824. The van der Waals surface area contributed by atoms with Crippen LogP contribution in [0.1, 0.15) is 15.4 Å². The number of carbonyl (C=O) groups excluding carboxylic acids is 1. The molecule has 0 saturated heterocycles. The minimum Gasteiger partial charge on any atom is -0.321 e. The van der Waals surface area contributed by atoms with E-state index in [2.05, 4.69) is 9.69 Å². The fourth-order valence-corrected chi connectivity index (χ4v) is 1.88. The van der Waals surface area contributed by atoms with Gasteiger partial charge in [-0.2, -0.15) is 4.37 Å². The normalized spacial score (nSPS) is 10.1. The second kappa shape index (κ2) is 4.92. The van der Waals surface area contributed by atoms with E-state index < -0.39 is 4.92 Å². The molecule has 1 amide bonds. The summed E-state index contributed by atoms with van der Waals surface area (Å²) in [7, 11) is 0. The van der Waals surface area contributed by atoms with E-state index in [1.165, 1.54) is 35.8 Å². The van der Waals surface area contributed by atoms with Gasteiger partial charge in [0.15, 0.2) is 0 Å². The first-order valence-corrected chi connectivity index (χ1v) is 5.83. The summed E-state index contributed by atoms with van der Waals surface area (Å²) in [6, 6.07) is 7.32. The summed E-state index contributed by atoms with van der Waals surface area (Å²) in [5.74, 6) is -0.326. The van der Waals surface area contributed by atoms with Crippen LogP contribution in [0.5, 0.6) is 0 Å². The Morgan fingerprint density at radius 3 is 2.56 bits per heavy atom. The van der Waals surface area contributed by atoms with Crippen molar-refractivity contribution in [1.82, 2.24) is 4.37 Å². The van der Waals surface area contributed by atoms with Gasteiger partial charge in [0.05, 0.1) is 4.92 Å². The number of hydrogen-bond acceptors (Lipinski definition) is 5. The fraction of sp³-hybridized carbons (Fsp3) is 0.0909. The lowest BCUT2D eigenvalue weighted by atomic mass is 10.2. The molecule has 0 aliphatic rings. The molecule has 1 aromatic heterocycles. The molecule has 0 spiro atoms. The van der Waals surface area contributed by atoms with Gasteiger partial charge in [-0.05, 0) is 36.7 Å². The molecule has 0 aliphatic heterocycles. The Labute approximate surface area is 107 Å². The summed E-state index contributed by atoms with van der Waals surface area (Å²) in [6.45, 7) is 1.86. The van der Waals surface area contributed by atoms with Crippen molar-refractivity contribution in [1.29, 1.82) is 0 Å². The summed E-state index contributed by atoms with van der Waals surface area (Å²) in [5, 5.41) is 13.1. The Balaban J connectivity index is 2.10. The average molecular weight is 263 g/mol. The Bertz CT molecular complexity index is 592. The Morgan fingerprint density at radius 2 is 2.06 bits per heavy atom. The first-order chi connectivity index (χ1) is 8.56. The lowest BCUT2D eigenvalue weighted by molar-refractivity contribution is -0.384. The largest absolute Gasteiger partial charge is 0.321 e. The number of nitro benzene ring substituents is 1. The molecule has 0 atom stereocenters. The summed E-state index contributed by atoms with van der Waals surface area (Å²) in [4.78, 5) is 22.7. The molecule has 7 heteroatoms. The van der Waals surface area contributed by atoms with Gasteiger partial charge >= 0.3 is 0 Å². The molecule has 1 heterocycles. The number of amides is 1. The highest BCUT2D eigenvalue weighted by molar-refractivity contribution is 7.05. The number of benzene rings is 1. The number of carbonyl (C=O) groups is 1.